The third kappa shape index (κ3) is 0.897. The van der Waals surface area contributed by atoms with Crippen LogP contribution in [-0.4, -0.2) is 10.9 Å². The number of fused-ring (bicyclic) bond motifs is 1. The molecule has 1 aromatic carbocycles. The molecular formula is C9H8FNO. The van der Waals surface area contributed by atoms with Gasteiger partial charge in [-0.1, -0.05) is 17.3 Å². The highest BCUT2D eigenvalue weighted by molar-refractivity contribution is 6.04. The van der Waals surface area contributed by atoms with Gasteiger partial charge in [-0.15, -0.1) is 0 Å². The van der Waals surface area contributed by atoms with Crippen molar-refractivity contribution in [3.8, 4) is 0 Å². The molecule has 0 atom stereocenters. The van der Waals surface area contributed by atoms with Crippen molar-refractivity contribution in [1.29, 1.82) is 0 Å². The highest BCUT2D eigenvalue weighted by Crippen LogP contribution is 2.24. The highest BCUT2D eigenvalue weighted by Gasteiger charge is 2.20. The van der Waals surface area contributed by atoms with Gasteiger partial charge in [-0.2, -0.15) is 0 Å². The first-order valence-corrected chi connectivity index (χ1v) is 3.81. The van der Waals surface area contributed by atoms with E-state index in [2.05, 4.69) is 5.16 Å². The van der Waals surface area contributed by atoms with Gasteiger partial charge < -0.3 is 5.21 Å². The van der Waals surface area contributed by atoms with Crippen molar-refractivity contribution < 1.29 is 9.60 Å². The SMILES string of the molecule is O/N=C1/CCc2c(F)cccc21. The topological polar surface area (TPSA) is 32.6 Å². The predicted octanol–water partition coefficient (Wildman–Crippen LogP) is 1.95. The van der Waals surface area contributed by atoms with E-state index in [4.69, 9.17) is 5.21 Å². The molecule has 2 rings (SSSR count). The first kappa shape index (κ1) is 7.28. The van der Waals surface area contributed by atoms with Crippen molar-refractivity contribution in [3.05, 3.63) is 35.1 Å². The van der Waals surface area contributed by atoms with E-state index in [9.17, 15) is 4.39 Å². The van der Waals surface area contributed by atoms with Crippen LogP contribution < -0.4 is 0 Å². The standard InChI is InChI=1S/C9H8FNO/c10-8-3-1-2-7-6(8)4-5-9(7)11-12/h1-3,12H,4-5H2/b11-9-. The average molecular weight is 165 g/mol. The van der Waals surface area contributed by atoms with Crippen LogP contribution in [0.4, 0.5) is 4.39 Å². The van der Waals surface area contributed by atoms with Crippen molar-refractivity contribution >= 4 is 5.71 Å². The fourth-order valence-electron chi connectivity index (χ4n) is 1.57. The summed E-state index contributed by atoms with van der Waals surface area (Å²) in [6.07, 6.45) is 1.27. The summed E-state index contributed by atoms with van der Waals surface area (Å²) in [4.78, 5) is 0. The second-order valence-corrected chi connectivity index (χ2v) is 2.81. The van der Waals surface area contributed by atoms with Gasteiger partial charge in [-0.25, -0.2) is 4.39 Å². The van der Waals surface area contributed by atoms with Crippen LogP contribution in [0, 0.1) is 5.82 Å². The number of rotatable bonds is 0. The molecule has 0 fully saturated rings. The van der Waals surface area contributed by atoms with Gasteiger partial charge in [0.1, 0.15) is 5.82 Å². The van der Waals surface area contributed by atoms with Crippen LogP contribution in [0.25, 0.3) is 0 Å². The largest absolute Gasteiger partial charge is 0.411 e. The van der Waals surface area contributed by atoms with E-state index in [0.29, 0.717) is 24.1 Å². The second-order valence-electron chi connectivity index (χ2n) is 2.81. The minimum atomic E-state index is -0.203. The number of hydrogen-bond donors (Lipinski definition) is 1. The van der Waals surface area contributed by atoms with Crippen LogP contribution in [0.2, 0.25) is 0 Å². The van der Waals surface area contributed by atoms with E-state index in [1.54, 1.807) is 12.1 Å². The molecule has 1 aliphatic carbocycles. The molecule has 3 heteroatoms. The molecule has 1 aliphatic rings. The monoisotopic (exact) mass is 165 g/mol. The van der Waals surface area contributed by atoms with Gasteiger partial charge in [-0.05, 0) is 24.5 Å². The maximum absolute atomic E-state index is 13.1. The molecule has 0 saturated carbocycles. The molecule has 0 unspecified atom stereocenters. The molecular weight excluding hydrogens is 157 g/mol. The number of hydrogen-bond acceptors (Lipinski definition) is 2. The minimum Gasteiger partial charge on any atom is -0.411 e. The van der Waals surface area contributed by atoms with Crippen LogP contribution in [0.15, 0.2) is 23.4 Å². The Hall–Kier alpha value is -1.38. The number of benzene rings is 1. The number of nitrogens with zero attached hydrogens (tertiary/aromatic N) is 1. The summed E-state index contributed by atoms with van der Waals surface area (Å²) in [5.41, 5.74) is 2.01. The van der Waals surface area contributed by atoms with E-state index in [1.165, 1.54) is 6.07 Å². The molecule has 2 nitrogen and oxygen atoms in total. The molecule has 0 saturated heterocycles. The zero-order chi connectivity index (χ0) is 8.55. The number of halogens is 1. The first-order valence-electron chi connectivity index (χ1n) is 3.81. The fraction of sp³-hybridized carbons (Fsp3) is 0.222. The molecule has 0 spiro atoms. The maximum atomic E-state index is 13.1. The zero-order valence-electron chi connectivity index (χ0n) is 6.42. The molecule has 12 heavy (non-hydrogen) atoms. The summed E-state index contributed by atoms with van der Waals surface area (Å²) < 4.78 is 13.1. The number of oxime groups is 1. The lowest BCUT2D eigenvalue weighted by Crippen LogP contribution is -1.94. The average Bonchev–Trinajstić information content (AvgIpc) is 2.49. The zero-order valence-corrected chi connectivity index (χ0v) is 6.42. The normalized spacial score (nSPS) is 18.2. The van der Waals surface area contributed by atoms with Gasteiger partial charge in [0.05, 0.1) is 5.71 Å². The summed E-state index contributed by atoms with van der Waals surface area (Å²) in [6, 6.07) is 4.84. The Kier molecular flexibility index (Phi) is 1.57. The van der Waals surface area contributed by atoms with E-state index < -0.39 is 0 Å². The first-order chi connectivity index (χ1) is 5.83. The Bertz CT molecular complexity index is 346. The quantitative estimate of drug-likeness (QED) is 0.462. The molecule has 0 amide bonds. The highest BCUT2D eigenvalue weighted by atomic mass is 19.1. The molecule has 0 aliphatic heterocycles. The van der Waals surface area contributed by atoms with Crippen LogP contribution in [-0.2, 0) is 6.42 Å². The van der Waals surface area contributed by atoms with Gasteiger partial charge in [0, 0.05) is 5.56 Å². The Morgan fingerprint density at radius 1 is 1.33 bits per heavy atom. The van der Waals surface area contributed by atoms with Crippen molar-refractivity contribution in [2.24, 2.45) is 5.16 Å². The third-order valence-corrected chi connectivity index (χ3v) is 2.16. The molecule has 0 aromatic heterocycles. The van der Waals surface area contributed by atoms with Gasteiger partial charge >= 0.3 is 0 Å². The summed E-state index contributed by atoms with van der Waals surface area (Å²) in [5.74, 6) is -0.203. The smallest absolute Gasteiger partial charge is 0.127 e. The van der Waals surface area contributed by atoms with Crippen LogP contribution in [0.5, 0.6) is 0 Å². The molecule has 0 bridgehead atoms. The van der Waals surface area contributed by atoms with Crippen molar-refractivity contribution in [3.63, 3.8) is 0 Å². The van der Waals surface area contributed by atoms with Gasteiger partial charge in [0.25, 0.3) is 0 Å². The van der Waals surface area contributed by atoms with E-state index in [-0.39, 0.29) is 5.82 Å². The van der Waals surface area contributed by atoms with E-state index >= 15 is 0 Å². The second kappa shape index (κ2) is 2.59. The summed E-state index contributed by atoms with van der Waals surface area (Å²) >= 11 is 0. The van der Waals surface area contributed by atoms with Crippen LogP contribution in [0.3, 0.4) is 0 Å². The lowest BCUT2D eigenvalue weighted by atomic mass is 10.1. The Labute approximate surface area is 69.3 Å². The summed E-state index contributed by atoms with van der Waals surface area (Å²) in [6.45, 7) is 0. The summed E-state index contributed by atoms with van der Waals surface area (Å²) in [5, 5.41) is 11.7. The lowest BCUT2D eigenvalue weighted by Gasteiger charge is -1.98. The van der Waals surface area contributed by atoms with E-state index in [0.717, 1.165) is 5.56 Å². The summed E-state index contributed by atoms with van der Waals surface area (Å²) in [7, 11) is 0. The van der Waals surface area contributed by atoms with Crippen molar-refractivity contribution in [1.82, 2.24) is 0 Å². The van der Waals surface area contributed by atoms with Crippen molar-refractivity contribution in [2.45, 2.75) is 12.8 Å². The molecule has 0 radical (unpaired) electrons. The van der Waals surface area contributed by atoms with Crippen molar-refractivity contribution in [2.75, 3.05) is 0 Å². The molecule has 0 heterocycles. The predicted molar refractivity (Wildman–Crippen MR) is 43.0 cm³/mol. The van der Waals surface area contributed by atoms with Crippen LogP contribution in [0.1, 0.15) is 17.5 Å². The Balaban J connectivity index is 2.61. The Morgan fingerprint density at radius 3 is 2.92 bits per heavy atom. The van der Waals surface area contributed by atoms with Gasteiger partial charge in [0.2, 0.25) is 0 Å². The molecule has 62 valence electrons. The molecule has 1 aromatic rings. The Morgan fingerprint density at radius 2 is 2.17 bits per heavy atom. The minimum absolute atomic E-state index is 0.203. The van der Waals surface area contributed by atoms with Gasteiger partial charge in [-0.3, -0.25) is 0 Å². The molecule has 1 N–H and O–H groups in total. The maximum Gasteiger partial charge on any atom is 0.127 e. The fourth-order valence-corrected chi connectivity index (χ4v) is 1.57. The van der Waals surface area contributed by atoms with Gasteiger partial charge in [0.15, 0.2) is 0 Å². The van der Waals surface area contributed by atoms with E-state index in [1.807, 2.05) is 0 Å². The lowest BCUT2D eigenvalue weighted by molar-refractivity contribution is 0.318. The van der Waals surface area contributed by atoms with Crippen LogP contribution >= 0.6 is 0 Å². The third-order valence-electron chi connectivity index (χ3n) is 2.16.